The average Bonchev–Trinajstić information content (AvgIpc) is 2.52. The van der Waals surface area contributed by atoms with E-state index in [1.54, 1.807) is 36.4 Å². The van der Waals surface area contributed by atoms with Gasteiger partial charge in [0.1, 0.15) is 0 Å². The number of sulfonamides is 1. The summed E-state index contributed by atoms with van der Waals surface area (Å²) in [4.78, 5) is 12.0. The normalized spacial score (nSPS) is 12.0. The van der Waals surface area contributed by atoms with Gasteiger partial charge in [0.25, 0.3) is 0 Å². The Hall–Kier alpha value is -1.89. The fourth-order valence-electron chi connectivity index (χ4n) is 2.15. The Balaban J connectivity index is 2.00. The van der Waals surface area contributed by atoms with Gasteiger partial charge in [0.2, 0.25) is 15.9 Å². The molecule has 0 unspecified atom stereocenters. The molecular weight excluding hydrogens is 360 g/mol. The molecule has 0 fully saturated rings. The van der Waals surface area contributed by atoms with Crippen LogP contribution in [0.2, 0.25) is 5.02 Å². The molecule has 0 aliphatic carbocycles. The first-order valence-electron chi connectivity index (χ1n) is 7.73. The molecule has 0 bridgehead atoms. The maximum absolute atomic E-state index is 12.3. The zero-order valence-corrected chi connectivity index (χ0v) is 15.9. The standard InChI is InChI=1S/C18H21ClN2O3S/c1-18(2,3)13-7-9-16(10-8-13)25(23,24)20-12-17(22)21-15-6-4-5-14(19)11-15/h4-11,20H,12H2,1-3H3,(H,21,22). The molecule has 134 valence electrons. The van der Waals surface area contributed by atoms with Crippen LogP contribution >= 0.6 is 11.6 Å². The predicted molar refractivity (Wildman–Crippen MR) is 100 cm³/mol. The lowest BCUT2D eigenvalue weighted by Gasteiger charge is -2.19. The van der Waals surface area contributed by atoms with E-state index in [0.717, 1.165) is 5.56 Å². The number of rotatable bonds is 5. The summed E-state index contributed by atoms with van der Waals surface area (Å²) in [6, 6.07) is 13.3. The van der Waals surface area contributed by atoms with E-state index in [1.807, 2.05) is 0 Å². The summed E-state index contributed by atoms with van der Waals surface area (Å²) in [5.74, 6) is -0.475. The lowest BCUT2D eigenvalue weighted by molar-refractivity contribution is -0.115. The minimum absolute atomic E-state index is 0.0629. The van der Waals surface area contributed by atoms with Crippen molar-refractivity contribution < 1.29 is 13.2 Å². The van der Waals surface area contributed by atoms with Gasteiger partial charge in [0.05, 0.1) is 11.4 Å². The minimum atomic E-state index is -3.75. The van der Waals surface area contributed by atoms with Gasteiger partial charge in [-0.3, -0.25) is 4.79 Å². The van der Waals surface area contributed by atoms with Crippen molar-refractivity contribution in [1.29, 1.82) is 0 Å². The molecule has 0 spiro atoms. The quantitative estimate of drug-likeness (QED) is 0.832. The highest BCUT2D eigenvalue weighted by atomic mass is 35.5. The van der Waals surface area contributed by atoms with Crippen molar-refractivity contribution in [3.8, 4) is 0 Å². The third-order valence-corrected chi connectivity index (χ3v) is 5.21. The van der Waals surface area contributed by atoms with Crippen molar-refractivity contribution in [3.63, 3.8) is 0 Å². The van der Waals surface area contributed by atoms with Crippen LogP contribution in [0.15, 0.2) is 53.4 Å². The van der Waals surface area contributed by atoms with Gasteiger partial charge in [-0.2, -0.15) is 0 Å². The Bertz CT molecular complexity index is 857. The van der Waals surface area contributed by atoms with Crippen LogP contribution in [0.1, 0.15) is 26.3 Å². The van der Waals surface area contributed by atoms with E-state index in [9.17, 15) is 13.2 Å². The van der Waals surface area contributed by atoms with E-state index in [4.69, 9.17) is 11.6 Å². The Labute approximate surface area is 153 Å². The highest BCUT2D eigenvalue weighted by Crippen LogP contribution is 2.23. The van der Waals surface area contributed by atoms with Crippen LogP contribution in [-0.4, -0.2) is 20.9 Å². The van der Waals surface area contributed by atoms with E-state index in [-0.39, 0.29) is 16.9 Å². The first kappa shape index (κ1) is 19.4. The molecule has 7 heteroatoms. The maximum Gasteiger partial charge on any atom is 0.241 e. The molecule has 0 radical (unpaired) electrons. The first-order valence-corrected chi connectivity index (χ1v) is 9.60. The third kappa shape index (κ3) is 5.56. The SMILES string of the molecule is CC(C)(C)c1ccc(S(=O)(=O)NCC(=O)Nc2cccc(Cl)c2)cc1. The zero-order valence-electron chi connectivity index (χ0n) is 14.3. The van der Waals surface area contributed by atoms with E-state index >= 15 is 0 Å². The van der Waals surface area contributed by atoms with Gasteiger partial charge in [-0.05, 0) is 41.3 Å². The molecule has 0 aliphatic heterocycles. The topological polar surface area (TPSA) is 75.3 Å². The molecule has 25 heavy (non-hydrogen) atoms. The Kier molecular flexibility index (Phi) is 5.87. The van der Waals surface area contributed by atoms with Gasteiger partial charge in [-0.25, -0.2) is 13.1 Å². The number of carbonyl (C=O) groups is 1. The molecule has 0 saturated carbocycles. The van der Waals surface area contributed by atoms with Gasteiger partial charge in [0, 0.05) is 10.7 Å². The average molecular weight is 381 g/mol. The second-order valence-corrected chi connectivity index (χ2v) is 8.86. The van der Waals surface area contributed by atoms with Crippen LogP contribution in [-0.2, 0) is 20.2 Å². The lowest BCUT2D eigenvalue weighted by Crippen LogP contribution is -2.32. The summed E-state index contributed by atoms with van der Waals surface area (Å²) >= 11 is 5.84. The van der Waals surface area contributed by atoms with E-state index in [1.165, 1.54) is 12.1 Å². The predicted octanol–water partition coefficient (Wildman–Crippen LogP) is 3.55. The highest BCUT2D eigenvalue weighted by molar-refractivity contribution is 7.89. The van der Waals surface area contributed by atoms with Gasteiger partial charge in [0.15, 0.2) is 0 Å². The molecule has 2 rings (SSSR count). The molecule has 2 aromatic rings. The van der Waals surface area contributed by atoms with Crippen molar-refractivity contribution in [2.45, 2.75) is 31.1 Å². The second kappa shape index (κ2) is 7.56. The van der Waals surface area contributed by atoms with Gasteiger partial charge in [-0.1, -0.05) is 50.6 Å². The van der Waals surface area contributed by atoms with Crippen LogP contribution in [0.4, 0.5) is 5.69 Å². The van der Waals surface area contributed by atoms with E-state index < -0.39 is 15.9 Å². The van der Waals surface area contributed by atoms with Crippen molar-refractivity contribution in [3.05, 3.63) is 59.1 Å². The third-order valence-electron chi connectivity index (χ3n) is 3.56. The molecule has 5 nitrogen and oxygen atoms in total. The maximum atomic E-state index is 12.3. The molecule has 0 aromatic heterocycles. The van der Waals surface area contributed by atoms with Crippen molar-refractivity contribution in [1.82, 2.24) is 4.72 Å². The van der Waals surface area contributed by atoms with Crippen LogP contribution in [0, 0.1) is 0 Å². The Morgan fingerprint density at radius 3 is 2.28 bits per heavy atom. The van der Waals surface area contributed by atoms with Crippen LogP contribution in [0.25, 0.3) is 0 Å². The summed E-state index contributed by atoms with van der Waals surface area (Å²) in [5.41, 5.74) is 1.48. The summed E-state index contributed by atoms with van der Waals surface area (Å²) in [7, 11) is -3.75. The molecule has 0 atom stereocenters. The van der Waals surface area contributed by atoms with Crippen LogP contribution < -0.4 is 10.0 Å². The summed E-state index contributed by atoms with van der Waals surface area (Å²) in [6.07, 6.45) is 0. The summed E-state index contributed by atoms with van der Waals surface area (Å²) < 4.78 is 26.9. The summed E-state index contributed by atoms with van der Waals surface area (Å²) in [6.45, 7) is 5.79. The fraction of sp³-hybridized carbons (Fsp3) is 0.278. The van der Waals surface area contributed by atoms with Gasteiger partial charge < -0.3 is 5.32 Å². The Morgan fingerprint density at radius 2 is 1.72 bits per heavy atom. The van der Waals surface area contributed by atoms with Crippen molar-refractivity contribution in [2.75, 3.05) is 11.9 Å². The van der Waals surface area contributed by atoms with Crippen LogP contribution in [0.3, 0.4) is 0 Å². The van der Waals surface area contributed by atoms with E-state index in [0.29, 0.717) is 10.7 Å². The number of hydrogen-bond donors (Lipinski definition) is 2. The number of nitrogens with one attached hydrogen (secondary N) is 2. The lowest BCUT2D eigenvalue weighted by atomic mass is 9.87. The number of hydrogen-bond acceptors (Lipinski definition) is 3. The van der Waals surface area contributed by atoms with Gasteiger partial charge in [-0.15, -0.1) is 0 Å². The highest BCUT2D eigenvalue weighted by Gasteiger charge is 2.18. The molecule has 0 aliphatic rings. The largest absolute Gasteiger partial charge is 0.325 e. The van der Waals surface area contributed by atoms with Crippen LogP contribution in [0.5, 0.6) is 0 Å². The molecule has 2 aromatic carbocycles. The molecule has 1 amide bonds. The molecule has 0 heterocycles. The van der Waals surface area contributed by atoms with Crippen molar-refractivity contribution >= 4 is 33.2 Å². The number of benzene rings is 2. The molecule has 0 saturated heterocycles. The number of amides is 1. The minimum Gasteiger partial charge on any atom is -0.325 e. The monoisotopic (exact) mass is 380 g/mol. The van der Waals surface area contributed by atoms with E-state index in [2.05, 4.69) is 30.8 Å². The summed E-state index contributed by atoms with van der Waals surface area (Å²) in [5, 5.41) is 3.07. The smallest absolute Gasteiger partial charge is 0.241 e. The fourth-order valence-corrected chi connectivity index (χ4v) is 3.32. The molecule has 2 N–H and O–H groups in total. The number of carbonyl (C=O) groups excluding carboxylic acids is 1. The number of anilines is 1. The van der Waals surface area contributed by atoms with Gasteiger partial charge >= 0.3 is 0 Å². The molecular formula is C18H21ClN2O3S. The first-order chi connectivity index (χ1) is 11.6. The number of halogens is 1. The second-order valence-electron chi connectivity index (χ2n) is 6.66. The zero-order chi connectivity index (χ0) is 18.7. The van der Waals surface area contributed by atoms with Crippen molar-refractivity contribution in [2.24, 2.45) is 0 Å². The Morgan fingerprint density at radius 1 is 1.08 bits per heavy atom.